The molecule has 10 rings (SSSR count). The molecule has 5 heteroatoms. The van der Waals surface area contributed by atoms with Crippen molar-refractivity contribution in [1.82, 2.24) is 14.0 Å². The Hall–Kier alpha value is -5.44. The Balaban J connectivity index is 0.00000325. The van der Waals surface area contributed by atoms with Crippen molar-refractivity contribution in [3.8, 4) is 16.9 Å². The van der Waals surface area contributed by atoms with Crippen molar-refractivity contribution in [2.24, 2.45) is 0 Å². The van der Waals surface area contributed by atoms with E-state index < -0.39 is 5.41 Å². The maximum Gasteiger partial charge on any atom is 0.0532 e. The van der Waals surface area contributed by atoms with Crippen molar-refractivity contribution < 1.29 is 25.5 Å². The average Bonchev–Trinajstić information content (AvgIpc) is 3.84. The van der Waals surface area contributed by atoms with Crippen LogP contribution < -0.4 is 0 Å². The van der Waals surface area contributed by atoms with E-state index in [1.165, 1.54) is 32.6 Å². The van der Waals surface area contributed by atoms with Crippen LogP contribution in [0.4, 0.5) is 0 Å². The molecule has 0 saturated carbocycles. The van der Waals surface area contributed by atoms with Crippen molar-refractivity contribution in [2.75, 3.05) is 0 Å². The SMILES string of the molecule is CC(C)(c1[c-]c(-n2c3[c-]cccc3c3ccccc32)ccc1)c1cccc(-c2[c-]oc3ccc4c(ccn5c6ccccc6cc45)c23)n1.[Pt]. The third-order valence-corrected chi connectivity index (χ3v) is 9.97. The van der Waals surface area contributed by atoms with Crippen LogP contribution in [0.3, 0.4) is 0 Å². The summed E-state index contributed by atoms with van der Waals surface area (Å²) < 4.78 is 10.6. The van der Waals surface area contributed by atoms with Gasteiger partial charge in [0.05, 0.1) is 11.0 Å². The molecule has 5 heterocycles. The van der Waals surface area contributed by atoms with Crippen molar-refractivity contribution in [1.29, 1.82) is 0 Å². The first-order chi connectivity index (χ1) is 23.6. The summed E-state index contributed by atoms with van der Waals surface area (Å²) in [5.41, 5.74) is 9.60. The first-order valence-electron chi connectivity index (χ1n) is 16.2. The fourth-order valence-electron chi connectivity index (χ4n) is 7.48. The molecule has 0 N–H and O–H groups in total. The van der Waals surface area contributed by atoms with E-state index in [1.54, 1.807) is 0 Å². The topological polar surface area (TPSA) is 35.4 Å². The minimum Gasteiger partial charge on any atom is -0.557 e. The van der Waals surface area contributed by atoms with Gasteiger partial charge in [-0.3, -0.25) is 0 Å². The number of pyridine rings is 2. The summed E-state index contributed by atoms with van der Waals surface area (Å²) in [5.74, 6) is 0. The van der Waals surface area contributed by atoms with Crippen LogP contribution in [0.2, 0.25) is 0 Å². The van der Waals surface area contributed by atoms with Crippen LogP contribution in [0.5, 0.6) is 0 Å². The van der Waals surface area contributed by atoms with Gasteiger partial charge in [-0.1, -0.05) is 102 Å². The van der Waals surface area contributed by atoms with Crippen molar-refractivity contribution in [3.05, 3.63) is 163 Å². The first kappa shape index (κ1) is 29.7. The summed E-state index contributed by atoms with van der Waals surface area (Å²) in [4.78, 5) is 5.28. The maximum absolute atomic E-state index is 6.04. The van der Waals surface area contributed by atoms with Gasteiger partial charge in [0.1, 0.15) is 0 Å². The van der Waals surface area contributed by atoms with E-state index in [2.05, 4.69) is 163 Å². The molecule has 238 valence electrons. The molecule has 0 spiro atoms. The third kappa shape index (κ3) is 4.37. The molecule has 0 aliphatic carbocycles. The van der Waals surface area contributed by atoms with Gasteiger partial charge in [0, 0.05) is 61.1 Å². The standard InChI is InChI=1S/C44H28N3O.Pt/c1-44(2,29-12-9-13-30(26-29)47-38-18-7-4-14-31(38)32-15-5-8-19-39(32)47)42-20-10-16-36(45-42)35-27-48-41-22-21-33-34(43(35)41)23-24-46-37-17-6-3-11-28(37)25-40(33)46;/h3-18,20-25H,1-2H3;/q-3;. The number of hydrogen-bond acceptors (Lipinski definition) is 2. The van der Waals surface area contributed by atoms with Gasteiger partial charge in [0.15, 0.2) is 0 Å². The van der Waals surface area contributed by atoms with Gasteiger partial charge in [-0.05, 0) is 46.8 Å². The molecule has 4 nitrogen and oxygen atoms in total. The summed E-state index contributed by atoms with van der Waals surface area (Å²) in [7, 11) is 0. The normalized spacial score (nSPS) is 12.1. The second-order valence-corrected chi connectivity index (χ2v) is 13.0. The van der Waals surface area contributed by atoms with Gasteiger partial charge in [-0.2, -0.15) is 42.5 Å². The molecule has 49 heavy (non-hydrogen) atoms. The van der Waals surface area contributed by atoms with Crippen LogP contribution in [-0.4, -0.2) is 14.0 Å². The predicted molar refractivity (Wildman–Crippen MR) is 195 cm³/mol. The number of rotatable bonds is 4. The van der Waals surface area contributed by atoms with E-state index in [0.29, 0.717) is 0 Å². The zero-order valence-corrected chi connectivity index (χ0v) is 29.0. The van der Waals surface area contributed by atoms with Crippen LogP contribution in [0, 0.1) is 18.4 Å². The first-order valence-corrected chi connectivity index (χ1v) is 16.2. The number of nitrogens with zero attached hydrogens (tertiary/aromatic N) is 3. The van der Waals surface area contributed by atoms with Gasteiger partial charge in [0.2, 0.25) is 0 Å². The summed E-state index contributed by atoms with van der Waals surface area (Å²) >= 11 is 0. The largest absolute Gasteiger partial charge is 0.557 e. The molecule has 0 aliphatic rings. The zero-order chi connectivity index (χ0) is 32.0. The van der Waals surface area contributed by atoms with Gasteiger partial charge < -0.3 is 18.4 Å². The molecular formula is C44H28N3OPt-3. The molecule has 0 amide bonds. The van der Waals surface area contributed by atoms with Gasteiger partial charge in [-0.15, -0.1) is 17.0 Å². The van der Waals surface area contributed by atoms with Crippen molar-refractivity contribution in [2.45, 2.75) is 19.3 Å². The molecule has 0 bridgehead atoms. The second kappa shape index (κ2) is 11.1. The molecule has 5 aromatic carbocycles. The van der Waals surface area contributed by atoms with E-state index in [4.69, 9.17) is 9.40 Å². The number of furan rings is 1. The third-order valence-electron chi connectivity index (χ3n) is 9.97. The smallest absolute Gasteiger partial charge is 0.0532 e. The predicted octanol–water partition coefficient (Wildman–Crippen LogP) is 10.9. The molecule has 0 unspecified atom stereocenters. The molecule has 0 aliphatic heterocycles. The number of aromatic nitrogens is 3. The Morgan fingerprint density at radius 2 is 1.49 bits per heavy atom. The number of fused-ring (bicyclic) bond motifs is 10. The average molecular weight is 810 g/mol. The summed E-state index contributed by atoms with van der Waals surface area (Å²) in [5, 5.41) is 6.93. The van der Waals surface area contributed by atoms with Crippen molar-refractivity contribution in [3.63, 3.8) is 0 Å². The van der Waals surface area contributed by atoms with Crippen LogP contribution in [0.15, 0.2) is 138 Å². The summed E-state index contributed by atoms with van der Waals surface area (Å²) in [6, 6.07) is 51.7. The Kier molecular flexibility index (Phi) is 6.69. The molecule has 0 fully saturated rings. The molecular weight excluding hydrogens is 782 g/mol. The molecule has 5 aromatic heterocycles. The molecule has 10 aromatic rings. The minimum atomic E-state index is -0.436. The Morgan fingerprint density at radius 3 is 2.41 bits per heavy atom. The van der Waals surface area contributed by atoms with E-state index in [9.17, 15) is 0 Å². The number of benzene rings is 5. The fraction of sp³-hybridized carbons (Fsp3) is 0.0682. The Labute approximate surface area is 297 Å². The summed E-state index contributed by atoms with van der Waals surface area (Å²) in [6.07, 6.45) is 5.37. The maximum atomic E-state index is 6.04. The second-order valence-electron chi connectivity index (χ2n) is 13.0. The van der Waals surface area contributed by atoms with Crippen LogP contribution in [0.1, 0.15) is 25.1 Å². The van der Waals surface area contributed by atoms with Crippen LogP contribution in [-0.2, 0) is 26.5 Å². The monoisotopic (exact) mass is 809 g/mol. The van der Waals surface area contributed by atoms with Crippen LogP contribution in [0.25, 0.3) is 76.9 Å². The van der Waals surface area contributed by atoms with Gasteiger partial charge in [-0.25, -0.2) is 0 Å². The van der Waals surface area contributed by atoms with Gasteiger partial charge >= 0.3 is 0 Å². The Morgan fingerprint density at radius 1 is 0.694 bits per heavy atom. The quantitative estimate of drug-likeness (QED) is 0.166. The summed E-state index contributed by atoms with van der Waals surface area (Å²) in [6.45, 7) is 4.43. The number of para-hydroxylation sites is 3. The zero-order valence-electron chi connectivity index (χ0n) is 26.8. The minimum absolute atomic E-state index is 0. The van der Waals surface area contributed by atoms with Crippen LogP contribution >= 0.6 is 0 Å². The molecule has 0 radical (unpaired) electrons. The fourth-order valence-corrected chi connectivity index (χ4v) is 7.48. The Bertz CT molecular complexity index is 2840. The van der Waals surface area contributed by atoms with E-state index in [0.717, 1.165) is 55.6 Å². The number of hydrogen-bond donors (Lipinski definition) is 0. The van der Waals surface area contributed by atoms with E-state index in [-0.39, 0.29) is 21.1 Å². The van der Waals surface area contributed by atoms with Gasteiger partial charge in [0.25, 0.3) is 0 Å². The molecule has 0 atom stereocenters. The molecule has 0 saturated heterocycles. The van der Waals surface area contributed by atoms with E-state index in [1.807, 2.05) is 12.1 Å². The van der Waals surface area contributed by atoms with Crippen molar-refractivity contribution >= 4 is 60.0 Å². The van der Waals surface area contributed by atoms with E-state index >= 15 is 0 Å².